The third-order valence-electron chi connectivity index (χ3n) is 4.17. The fraction of sp³-hybridized carbons (Fsp3) is 0.615. The molecule has 0 aliphatic heterocycles. The molecule has 0 radical (unpaired) electrons. The van der Waals surface area contributed by atoms with E-state index in [1.54, 1.807) is 0 Å². The van der Waals surface area contributed by atoms with Gasteiger partial charge in [-0.15, -0.1) is 11.3 Å². The van der Waals surface area contributed by atoms with Crippen LogP contribution in [-0.2, 0) is 10.0 Å². The minimum absolute atomic E-state index is 0.105. The summed E-state index contributed by atoms with van der Waals surface area (Å²) in [7, 11) is -3.76. The summed E-state index contributed by atoms with van der Waals surface area (Å²) in [6, 6.07) is 1.25. The molecule has 1 aromatic rings. The van der Waals surface area contributed by atoms with Gasteiger partial charge < -0.3 is 5.11 Å². The molecule has 0 aromatic carbocycles. The Labute approximate surface area is 123 Å². The van der Waals surface area contributed by atoms with Gasteiger partial charge in [-0.1, -0.05) is 20.3 Å². The molecule has 5 nitrogen and oxygen atoms in total. The molecule has 2 rings (SSSR count). The Balaban J connectivity index is 2.20. The average molecular weight is 317 g/mol. The van der Waals surface area contributed by atoms with Gasteiger partial charge in [0.05, 0.1) is 0 Å². The Hall–Kier alpha value is -0.920. The van der Waals surface area contributed by atoms with Crippen molar-refractivity contribution < 1.29 is 18.3 Å². The van der Waals surface area contributed by atoms with Crippen molar-refractivity contribution in [2.24, 2.45) is 11.8 Å². The van der Waals surface area contributed by atoms with Crippen LogP contribution in [-0.4, -0.2) is 25.5 Å². The fourth-order valence-corrected chi connectivity index (χ4v) is 5.54. The van der Waals surface area contributed by atoms with Crippen LogP contribution in [0.25, 0.3) is 0 Å². The van der Waals surface area contributed by atoms with Crippen LogP contribution in [0.1, 0.15) is 42.8 Å². The fourth-order valence-electron chi connectivity index (χ4n) is 2.92. The lowest BCUT2D eigenvalue weighted by atomic mass is 9.94. The van der Waals surface area contributed by atoms with Crippen molar-refractivity contribution in [3.63, 3.8) is 0 Å². The summed E-state index contributed by atoms with van der Waals surface area (Å²) >= 11 is 0.930. The number of carboxylic acid groups (broad SMARTS) is 1. The second-order valence-electron chi connectivity index (χ2n) is 5.25. The molecule has 1 aliphatic carbocycles. The van der Waals surface area contributed by atoms with Gasteiger partial charge in [-0.3, -0.25) is 0 Å². The third-order valence-corrected chi connectivity index (χ3v) is 6.73. The largest absolute Gasteiger partial charge is 0.477 e. The van der Waals surface area contributed by atoms with Crippen LogP contribution in [0, 0.1) is 11.8 Å². The molecule has 0 bridgehead atoms. The van der Waals surface area contributed by atoms with Gasteiger partial charge in [0.15, 0.2) is 0 Å². The number of rotatable bonds is 5. The van der Waals surface area contributed by atoms with E-state index >= 15 is 0 Å². The van der Waals surface area contributed by atoms with Crippen LogP contribution in [0.4, 0.5) is 0 Å². The molecule has 3 atom stereocenters. The lowest BCUT2D eigenvalue weighted by Crippen LogP contribution is -2.37. The van der Waals surface area contributed by atoms with Crippen molar-refractivity contribution in [3.05, 3.63) is 16.3 Å². The smallest absolute Gasteiger partial charge is 0.347 e. The van der Waals surface area contributed by atoms with Crippen molar-refractivity contribution in [2.45, 2.75) is 44.0 Å². The predicted molar refractivity (Wildman–Crippen MR) is 77.6 cm³/mol. The van der Waals surface area contributed by atoms with Gasteiger partial charge in [0.2, 0.25) is 10.0 Å². The van der Waals surface area contributed by atoms with Crippen LogP contribution in [0.2, 0.25) is 0 Å². The van der Waals surface area contributed by atoms with Crippen molar-refractivity contribution in [1.82, 2.24) is 4.72 Å². The highest BCUT2D eigenvalue weighted by Gasteiger charge is 2.35. The molecular weight excluding hydrogens is 298 g/mol. The van der Waals surface area contributed by atoms with E-state index < -0.39 is 16.0 Å². The van der Waals surface area contributed by atoms with Crippen LogP contribution in [0.3, 0.4) is 0 Å². The second-order valence-corrected chi connectivity index (χ2v) is 7.85. The Morgan fingerprint density at radius 1 is 1.50 bits per heavy atom. The van der Waals surface area contributed by atoms with Crippen molar-refractivity contribution in [1.29, 1.82) is 0 Å². The third kappa shape index (κ3) is 2.89. The first-order valence-electron chi connectivity index (χ1n) is 6.70. The zero-order valence-electron chi connectivity index (χ0n) is 11.5. The topological polar surface area (TPSA) is 83.5 Å². The molecule has 7 heteroatoms. The number of thiophene rings is 1. The molecule has 3 unspecified atom stereocenters. The number of carbonyl (C=O) groups is 1. The van der Waals surface area contributed by atoms with E-state index in [4.69, 9.17) is 5.11 Å². The highest BCUT2D eigenvalue weighted by molar-refractivity contribution is 7.89. The zero-order valence-corrected chi connectivity index (χ0v) is 13.1. The highest BCUT2D eigenvalue weighted by Crippen LogP contribution is 2.35. The molecule has 1 aliphatic rings. The maximum absolute atomic E-state index is 12.3. The average Bonchev–Trinajstić information content (AvgIpc) is 2.98. The molecule has 20 heavy (non-hydrogen) atoms. The SMILES string of the molecule is CCC1CCC(NS(=O)(=O)c2ccsc2C(=O)O)C1C. The highest BCUT2D eigenvalue weighted by atomic mass is 32.2. The van der Waals surface area contributed by atoms with Gasteiger partial charge in [-0.05, 0) is 36.1 Å². The van der Waals surface area contributed by atoms with Gasteiger partial charge in [0.25, 0.3) is 0 Å². The Bertz CT molecular complexity index is 593. The van der Waals surface area contributed by atoms with Crippen LogP contribution >= 0.6 is 11.3 Å². The number of hydrogen-bond donors (Lipinski definition) is 2. The molecule has 1 fully saturated rings. The van der Waals surface area contributed by atoms with Gasteiger partial charge >= 0.3 is 5.97 Å². The Morgan fingerprint density at radius 2 is 2.20 bits per heavy atom. The van der Waals surface area contributed by atoms with E-state index in [0.29, 0.717) is 5.92 Å². The summed E-state index contributed by atoms with van der Waals surface area (Å²) in [4.78, 5) is 10.8. The summed E-state index contributed by atoms with van der Waals surface area (Å²) < 4.78 is 27.4. The summed E-state index contributed by atoms with van der Waals surface area (Å²) in [5.74, 6) is -0.392. The number of sulfonamides is 1. The quantitative estimate of drug-likeness (QED) is 0.874. The molecule has 1 heterocycles. The van der Waals surface area contributed by atoms with Crippen molar-refractivity contribution in [3.8, 4) is 0 Å². The number of carboxylic acids is 1. The number of hydrogen-bond acceptors (Lipinski definition) is 4. The van der Waals surface area contributed by atoms with E-state index in [9.17, 15) is 13.2 Å². The van der Waals surface area contributed by atoms with Gasteiger partial charge in [0, 0.05) is 6.04 Å². The van der Waals surface area contributed by atoms with E-state index in [0.717, 1.165) is 30.6 Å². The normalized spacial score (nSPS) is 26.8. The number of nitrogens with one attached hydrogen (secondary N) is 1. The van der Waals surface area contributed by atoms with E-state index in [1.807, 2.05) is 0 Å². The molecule has 0 spiro atoms. The van der Waals surface area contributed by atoms with Crippen LogP contribution in [0.15, 0.2) is 16.3 Å². The first-order chi connectivity index (χ1) is 9.36. The molecule has 0 saturated heterocycles. The number of aromatic carboxylic acids is 1. The summed E-state index contributed by atoms with van der Waals surface area (Å²) in [5, 5.41) is 10.5. The minimum atomic E-state index is -3.76. The summed E-state index contributed by atoms with van der Waals surface area (Å²) in [6.07, 6.45) is 2.87. The first kappa shape index (κ1) is 15.5. The maximum Gasteiger partial charge on any atom is 0.347 e. The lowest BCUT2D eigenvalue weighted by Gasteiger charge is -2.20. The molecule has 0 amide bonds. The van der Waals surface area contributed by atoms with Crippen molar-refractivity contribution in [2.75, 3.05) is 0 Å². The molecule has 112 valence electrons. The van der Waals surface area contributed by atoms with Gasteiger partial charge in [-0.2, -0.15) is 0 Å². The zero-order chi connectivity index (χ0) is 14.9. The van der Waals surface area contributed by atoms with Gasteiger partial charge in [0.1, 0.15) is 9.77 Å². The van der Waals surface area contributed by atoms with Crippen LogP contribution < -0.4 is 4.72 Å². The Kier molecular flexibility index (Phi) is 4.51. The van der Waals surface area contributed by atoms with E-state index in [2.05, 4.69) is 18.6 Å². The standard InChI is InChI=1S/C13H19NO4S2/c1-3-9-4-5-10(8(9)2)14-20(17,18)11-6-7-19-12(11)13(15)16/h6-10,14H,3-5H2,1-2H3,(H,15,16). The molecule has 2 N–H and O–H groups in total. The maximum atomic E-state index is 12.3. The van der Waals surface area contributed by atoms with E-state index in [1.165, 1.54) is 11.4 Å². The molecule has 1 aromatic heterocycles. The van der Waals surface area contributed by atoms with Gasteiger partial charge in [-0.25, -0.2) is 17.9 Å². The summed E-state index contributed by atoms with van der Waals surface area (Å²) in [5.41, 5.74) is 0. The second kappa shape index (κ2) is 5.83. The van der Waals surface area contributed by atoms with E-state index in [-0.39, 0.29) is 21.7 Å². The van der Waals surface area contributed by atoms with Crippen molar-refractivity contribution >= 4 is 27.3 Å². The molecular formula is C13H19NO4S2. The monoisotopic (exact) mass is 317 g/mol. The first-order valence-corrected chi connectivity index (χ1v) is 9.06. The predicted octanol–water partition coefficient (Wildman–Crippen LogP) is 2.55. The molecule has 1 saturated carbocycles. The Morgan fingerprint density at radius 3 is 2.75 bits per heavy atom. The minimum Gasteiger partial charge on any atom is -0.477 e. The lowest BCUT2D eigenvalue weighted by molar-refractivity contribution is 0.0698. The summed E-state index contributed by atoms with van der Waals surface area (Å²) in [6.45, 7) is 4.17. The van der Waals surface area contributed by atoms with Crippen LogP contribution in [0.5, 0.6) is 0 Å².